The van der Waals surface area contributed by atoms with Crippen LogP contribution in [0.25, 0.3) is 33.7 Å². The predicted molar refractivity (Wildman–Crippen MR) is 93.0 cm³/mol. The molecule has 0 fully saturated rings. The van der Waals surface area contributed by atoms with E-state index in [0.29, 0.717) is 34.1 Å². The van der Waals surface area contributed by atoms with E-state index in [9.17, 15) is 9.59 Å². The van der Waals surface area contributed by atoms with E-state index in [2.05, 4.69) is 4.98 Å². The highest BCUT2D eigenvalue weighted by molar-refractivity contribution is 5.87. The number of furan rings is 1. The number of rotatable bonds is 2. The van der Waals surface area contributed by atoms with Crippen LogP contribution in [-0.2, 0) is 21.1 Å². The molecule has 0 unspecified atom stereocenters. The number of hydrogen-bond donors (Lipinski definition) is 0. The number of para-hydroxylation sites is 1. The molecule has 0 amide bonds. The zero-order valence-electron chi connectivity index (χ0n) is 14.2. The summed E-state index contributed by atoms with van der Waals surface area (Å²) in [6.07, 6.45) is 0. The molecule has 0 atom stereocenters. The molecule has 0 radical (unpaired) electrons. The second-order valence-corrected chi connectivity index (χ2v) is 5.86. The summed E-state index contributed by atoms with van der Waals surface area (Å²) < 4.78 is 15.3. The summed E-state index contributed by atoms with van der Waals surface area (Å²) in [6, 6.07) is 7.42. The highest BCUT2D eigenvalue weighted by atomic mass is 16.5. The first-order valence-electron chi connectivity index (χ1n) is 7.63. The minimum absolute atomic E-state index is 0.318. The molecule has 0 spiro atoms. The largest absolute Gasteiger partial charge is 0.493 e. The van der Waals surface area contributed by atoms with E-state index in [1.807, 2.05) is 24.3 Å². The van der Waals surface area contributed by atoms with Crippen molar-refractivity contribution in [3.05, 3.63) is 45.1 Å². The molecular weight excluding hydrogens is 324 g/mol. The monoisotopic (exact) mass is 340 g/mol. The summed E-state index contributed by atoms with van der Waals surface area (Å²) in [5.74, 6) is 1.57. The van der Waals surface area contributed by atoms with Crippen molar-refractivity contribution in [3.63, 3.8) is 0 Å². The molecule has 4 rings (SSSR count). The molecular formula is C17H16N4O4. The van der Waals surface area contributed by atoms with Crippen LogP contribution >= 0.6 is 0 Å². The molecule has 8 heteroatoms. The van der Waals surface area contributed by atoms with Crippen molar-refractivity contribution in [3.8, 4) is 17.3 Å². The van der Waals surface area contributed by atoms with Crippen LogP contribution in [0.5, 0.6) is 5.75 Å². The van der Waals surface area contributed by atoms with Gasteiger partial charge in [-0.15, -0.1) is 0 Å². The Kier molecular flexibility index (Phi) is 3.11. The van der Waals surface area contributed by atoms with Crippen LogP contribution in [0.3, 0.4) is 0 Å². The number of aromatic nitrogens is 4. The second kappa shape index (κ2) is 5.10. The molecule has 3 aromatic heterocycles. The van der Waals surface area contributed by atoms with E-state index in [1.165, 1.54) is 11.6 Å². The van der Waals surface area contributed by atoms with Crippen LogP contribution in [0.2, 0.25) is 0 Å². The Morgan fingerprint density at radius 2 is 1.84 bits per heavy atom. The minimum atomic E-state index is -0.423. The molecule has 0 saturated heterocycles. The Balaban J connectivity index is 2.07. The maximum Gasteiger partial charge on any atom is 0.332 e. The van der Waals surface area contributed by atoms with E-state index >= 15 is 0 Å². The van der Waals surface area contributed by atoms with Crippen LogP contribution in [0.1, 0.15) is 0 Å². The predicted octanol–water partition coefficient (Wildman–Crippen LogP) is 1.39. The first-order valence-corrected chi connectivity index (χ1v) is 7.63. The van der Waals surface area contributed by atoms with Gasteiger partial charge in [-0.25, -0.2) is 9.78 Å². The van der Waals surface area contributed by atoms with Gasteiger partial charge in [0.25, 0.3) is 5.56 Å². The average molecular weight is 340 g/mol. The summed E-state index contributed by atoms with van der Waals surface area (Å²) in [7, 11) is 6.33. The van der Waals surface area contributed by atoms with Gasteiger partial charge in [0.2, 0.25) is 0 Å². The van der Waals surface area contributed by atoms with Gasteiger partial charge >= 0.3 is 5.69 Å². The summed E-state index contributed by atoms with van der Waals surface area (Å²) >= 11 is 0. The molecule has 0 aliphatic carbocycles. The lowest BCUT2D eigenvalue weighted by atomic mass is 10.2. The average Bonchev–Trinajstić information content (AvgIpc) is 3.18. The molecule has 0 bridgehead atoms. The molecule has 0 aliphatic heterocycles. The van der Waals surface area contributed by atoms with Gasteiger partial charge in [-0.3, -0.25) is 13.9 Å². The fourth-order valence-corrected chi connectivity index (χ4v) is 3.05. The van der Waals surface area contributed by atoms with E-state index in [0.717, 1.165) is 9.95 Å². The first kappa shape index (κ1) is 15.3. The Bertz CT molecular complexity index is 1260. The van der Waals surface area contributed by atoms with Gasteiger partial charge in [0.1, 0.15) is 0 Å². The highest BCUT2D eigenvalue weighted by Crippen LogP contribution is 2.33. The maximum atomic E-state index is 12.5. The van der Waals surface area contributed by atoms with Gasteiger partial charge in [-0.2, -0.15) is 0 Å². The number of benzene rings is 1. The second-order valence-electron chi connectivity index (χ2n) is 5.86. The smallest absolute Gasteiger partial charge is 0.332 e. The number of methoxy groups -OCH3 is 1. The number of hydrogen-bond acceptors (Lipinski definition) is 5. The number of aryl methyl sites for hydroxylation is 2. The molecule has 128 valence electrons. The molecule has 4 aromatic rings. The number of ether oxygens (including phenoxy) is 1. The fraction of sp³-hybridized carbons (Fsp3) is 0.235. The maximum absolute atomic E-state index is 12.5. The standard InChI is InChI=1S/C17H16N4O4/c1-19-12-15(20(2)17(23)21(3)16(12)22)18-14(19)11-8-9-6-5-7-10(24-4)13(9)25-11/h5-8H,1-4H3. The Morgan fingerprint density at radius 1 is 1.08 bits per heavy atom. The first-order chi connectivity index (χ1) is 11.9. The van der Waals surface area contributed by atoms with Crippen LogP contribution in [0.4, 0.5) is 0 Å². The zero-order valence-corrected chi connectivity index (χ0v) is 14.2. The van der Waals surface area contributed by atoms with Crippen LogP contribution < -0.4 is 16.0 Å². The van der Waals surface area contributed by atoms with Crippen LogP contribution in [-0.4, -0.2) is 25.8 Å². The van der Waals surface area contributed by atoms with Gasteiger partial charge < -0.3 is 13.7 Å². The number of fused-ring (bicyclic) bond motifs is 2. The third-order valence-electron chi connectivity index (χ3n) is 4.42. The Morgan fingerprint density at radius 3 is 2.56 bits per heavy atom. The lowest BCUT2D eigenvalue weighted by Crippen LogP contribution is -2.37. The lowest BCUT2D eigenvalue weighted by molar-refractivity contribution is 0.411. The van der Waals surface area contributed by atoms with Crippen molar-refractivity contribution in [2.75, 3.05) is 7.11 Å². The molecule has 8 nitrogen and oxygen atoms in total. The number of nitrogens with zero attached hydrogens (tertiary/aromatic N) is 4. The van der Waals surface area contributed by atoms with Crippen LogP contribution in [0.15, 0.2) is 38.3 Å². The quantitative estimate of drug-likeness (QED) is 0.551. The summed E-state index contributed by atoms with van der Waals surface area (Å²) in [5, 5.41) is 0.864. The van der Waals surface area contributed by atoms with E-state index in [1.54, 1.807) is 25.8 Å². The summed E-state index contributed by atoms with van der Waals surface area (Å²) in [6.45, 7) is 0. The van der Waals surface area contributed by atoms with Crippen molar-refractivity contribution >= 4 is 22.1 Å². The minimum Gasteiger partial charge on any atom is -0.493 e. The number of imidazole rings is 1. The van der Waals surface area contributed by atoms with Gasteiger partial charge in [0, 0.05) is 26.5 Å². The third-order valence-corrected chi connectivity index (χ3v) is 4.42. The third kappa shape index (κ3) is 1.97. The highest BCUT2D eigenvalue weighted by Gasteiger charge is 2.20. The van der Waals surface area contributed by atoms with E-state index in [-0.39, 0.29) is 0 Å². The van der Waals surface area contributed by atoms with E-state index < -0.39 is 11.2 Å². The zero-order chi connectivity index (χ0) is 17.9. The lowest BCUT2D eigenvalue weighted by Gasteiger charge is -2.03. The molecule has 25 heavy (non-hydrogen) atoms. The van der Waals surface area contributed by atoms with Crippen LogP contribution in [0, 0.1) is 0 Å². The van der Waals surface area contributed by atoms with Crippen molar-refractivity contribution in [2.45, 2.75) is 0 Å². The van der Waals surface area contributed by atoms with E-state index in [4.69, 9.17) is 9.15 Å². The fourth-order valence-electron chi connectivity index (χ4n) is 3.05. The Labute approximate surface area is 141 Å². The molecule has 3 heterocycles. The summed E-state index contributed by atoms with van der Waals surface area (Å²) in [5.41, 5.74) is 0.445. The Hall–Kier alpha value is -3.29. The van der Waals surface area contributed by atoms with Gasteiger partial charge in [-0.05, 0) is 12.1 Å². The molecule has 1 aromatic carbocycles. The van der Waals surface area contributed by atoms with Gasteiger partial charge in [-0.1, -0.05) is 12.1 Å². The van der Waals surface area contributed by atoms with Crippen molar-refractivity contribution in [1.29, 1.82) is 0 Å². The van der Waals surface area contributed by atoms with Crippen molar-refractivity contribution < 1.29 is 9.15 Å². The van der Waals surface area contributed by atoms with Gasteiger partial charge in [0.15, 0.2) is 34.1 Å². The van der Waals surface area contributed by atoms with Crippen molar-refractivity contribution in [1.82, 2.24) is 18.7 Å². The SMILES string of the molecule is COc1cccc2cc(-c3nc4c(c(=O)n(C)c(=O)n4C)n3C)oc12. The van der Waals surface area contributed by atoms with Crippen molar-refractivity contribution in [2.24, 2.45) is 21.1 Å². The normalized spacial score (nSPS) is 11.5. The molecule has 0 N–H and O–H groups in total. The molecule has 0 aliphatic rings. The van der Waals surface area contributed by atoms with Gasteiger partial charge in [0.05, 0.1) is 7.11 Å². The molecule has 0 saturated carbocycles. The summed E-state index contributed by atoms with van der Waals surface area (Å²) in [4.78, 5) is 29.1. The topological polar surface area (TPSA) is 84.2 Å².